The molecule has 3 unspecified atom stereocenters. The third-order valence-electron chi connectivity index (χ3n) is 2.71. The van der Waals surface area contributed by atoms with E-state index in [4.69, 9.17) is 14.9 Å². The van der Waals surface area contributed by atoms with E-state index in [2.05, 4.69) is 4.72 Å². The van der Waals surface area contributed by atoms with Crippen molar-refractivity contribution in [3.05, 3.63) is 0 Å². The zero-order valence-electron chi connectivity index (χ0n) is 10.9. The highest BCUT2D eigenvalue weighted by molar-refractivity contribution is 7.87. The molecule has 112 valence electrons. The Bertz CT molecular complexity index is 402. The highest BCUT2D eigenvalue weighted by Gasteiger charge is 2.30. The van der Waals surface area contributed by atoms with Crippen LogP contribution in [0.15, 0.2) is 0 Å². The highest BCUT2D eigenvalue weighted by Crippen LogP contribution is 2.13. The Morgan fingerprint density at radius 2 is 1.95 bits per heavy atom. The van der Waals surface area contributed by atoms with E-state index in [-0.39, 0.29) is 38.3 Å². The maximum absolute atomic E-state index is 12.0. The van der Waals surface area contributed by atoms with Gasteiger partial charge in [-0.2, -0.15) is 12.7 Å². The normalized spacial score (nSPS) is 27.1. The zero-order chi connectivity index (χ0) is 14.6. The van der Waals surface area contributed by atoms with Crippen LogP contribution in [0, 0.1) is 0 Å². The van der Waals surface area contributed by atoms with Gasteiger partial charge in [-0.1, -0.05) is 0 Å². The average Bonchev–Trinajstić information content (AvgIpc) is 2.27. The standard InChI is InChI=1S/C10H20N2O6S/c1-7-5-12(6-8(2)18-7)19(16,17)11-4-3-9(13)10(14)15/h7-9,11,13H,3-6H2,1-2H3,(H,14,15). The molecule has 1 rings (SSSR count). The summed E-state index contributed by atoms with van der Waals surface area (Å²) in [7, 11) is -3.67. The van der Waals surface area contributed by atoms with Crippen LogP contribution >= 0.6 is 0 Å². The molecular weight excluding hydrogens is 276 g/mol. The first kappa shape index (κ1) is 16.3. The van der Waals surface area contributed by atoms with Crippen LogP contribution in [0.4, 0.5) is 0 Å². The number of hydrogen-bond donors (Lipinski definition) is 3. The van der Waals surface area contributed by atoms with Crippen molar-refractivity contribution >= 4 is 16.2 Å². The number of rotatable bonds is 6. The summed E-state index contributed by atoms with van der Waals surface area (Å²) in [5.74, 6) is -1.37. The predicted molar refractivity (Wildman–Crippen MR) is 66.8 cm³/mol. The number of carboxylic acids is 1. The molecule has 3 atom stereocenters. The Kier molecular flexibility index (Phi) is 5.68. The van der Waals surface area contributed by atoms with Crippen molar-refractivity contribution in [2.75, 3.05) is 19.6 Å². The number of nitrogens with zero attached hydrogens (tertiary/aromatic N) is 1. The molecule has 0 aromatic rings. The van der Waals surface area contributed by atoms with Gasteiger partial charge in [-0.3, -0.25) is 0 Å². The van der Waals surface area contributed by atoms with E-state index in [1.165, 1.54) is 4.31 Å². The van der Waals surface area contributed by atoms with Crippen LogP contribution < -0.4 is 4.72 Å². The lowest BCUT2D eigenvalue weighted by molar-refractivity contribution is -0.146. The van der Waals surface area contributed by atoms with Crippen LogP contribution in [-0.2, 0) is 19.7 Å². The summed E-state index contributed by atoms with van der Waals surface area (Å²) in [4.78, 5) is 10.4. The van der Waals surface area contributed by atoms with Gasteiger partial charge in [-0.25, -0.2) is 9.52 Å². The monoisotopic (exact) mass is 296 g/mol. The molecule has 0 radical (unpaired) electrons. The van der Waals surface area contributed by atoms with E-state index in [1.807, 2.05) is 0 Å². The summed E-state index contributed by atoms with van der Waals surface area (Å²) in [6.07, 6.45) is -2.12. The van der Waals surface area contributed by atoms with Gasteiger partial charge in [0.05, 0.1) is 12.2 Å². The second kappa shape index (κ2) is 6.62. The molecule has 0 aliphatic carbocycles. The molecule has 0 saturated carbocycles. The predicted octanol–water partition coefficient (Wildman–Crippen LogP) is -1.23. The third-order valence-corrected chi connectivity index (χ3v) is 4.26. The molecular formula is C10H20N2O6S. The summed E-state index contributed by atoms with van der Waals surface area (Å²) >= 11 is 0. The lowest BCUT2D eigenvalue weighted by Gasteiger charge is -2.34. The second-order valence-electron chi connectivity index (χ2n) is 4.62. The lowest BCUT2D eigenvalue weighted by Crippen LogP contribution is -2.52. The van der Waals surface area contributed by atoms with Gasteiger partial charge in [-0.15, -0.1) is 0 Å². The Labute approximate surface area is 112 Å². The van der Waals surface area contributed by atoms with Crippen molar-refractivity contribution in [3.63, 3.8) is 0 Å². The smallest absolute Gasteiger partial charge is 0.332 e. The van der Waals surface area contributed by atoms with Crippen molar-refractivity contribution in [1.82, 2.24) is 9.03 Å². The van der Waals surface area contributed by atoms with Gasteiger partial charge in [-0.05, 0) is 20.3 Å². The van der Waals surface area contributed by atoms with Gasteiger partial charge in [0.25, 0.3) is 10.2 Å². The number of aliphatic carboxylic acids is 1. The van der Waals surface area contributed by atoms with Crippen LogP contribution in [0.1, 0.15) is 20.3 Å². The highest BCUT2D eigenvalue weighted by atomic mass is 32.2. The Morgan fingerprint density at radius 1 is 1.42 bits per heavy atom. The molecule has 1 saturated heterocycles. The number of morpholine rings is 1. The van der Waals surface area contributed by atoms with Crippen LogP contribution in [0.25, 0.3) is 0 Å². The Morgan fingerprint density at radius 3 is 2.42 bits per heavy atom. The molecule has 1 heterocycles. The largest absolute Gasteiger partial charge is 0.479 e. The van der Waals surface area contributed by atoms with E-state index < -0.39 is 22.3 Å². The molecule has 0 aromatic carbocycles. The van der Waals surface area contributed by atoms with Gasteiger partial charge in [0.1, 0.15) is 0 Å². The molecule has 1 aliphatic heterocycles. The SMILES string of the molecule is CC1CN(S(=O)(=O)NCCC(O)C(=O)O)CC(C)O1. The van der Waals surface area contributed by atoms with E-state index in [0.29, 0.717) is 0 Å². The number of ether oxygens (including phenoxy) is 1. The summed E-state index contributed by atoms with van der Waals surface area (Å²) in [6, 6.07) is 0. The van der Waals surface area contributed by atoms with E-state index in [1.54, 1.807) is 13.8 Å². The van der Waals surface area contributed by atoms with E-state index >= 15 is 0 Å². The first-order chi connectivity index (χ1) is 8.72. The van der Waals surface area contributed by atoms with Crippen LogP contribution in [0.5, 0.6) is 0 Å². The van der Waals surface area contributed by atoms with Crippen molar-refractivity contribution in [2.24, 2.45) is 0 Å². The number of aliphatic hydroxyl groups is 1. The minimum absolute atomic E-state index is 0.129. The first-order valence-corrected chi connectivity index (χ1v) is 7.47. The molecule has 3 N–H and O–H groups in total. The van der Waals surface area contributed by atoms with Crippen molar-refractivity contribution < 1.29 is 28.2 Å². The first-order valence-electron chi connectivity index (χ1n) is 6.03. The maximum Gasteiger partial charge on any atom is 0.332 e. The Balaban J connectivity index is 2.49. The van der Waals surface area contributed by atoms with Crippen molar-refractivity contribution in [2.45, 2.75) is 38.6 Å². The third kappa shape index (κ3) is 5.03. The minimum Gasteiger partial charge on any atom is -0.479 e. The van der Waals surface area contributed by atoms with Crippen LogP contribution in [-0.4, -0.2) is 66.9 Å². The van der Waals surface area contributed by atoms with E-state index in [0.717, 1.165) is 0 Å². The zero-order valence-corrected chi connectivity index (χ0v) is 11.8. The van der Waals surface area contributed by atoms with Crippen LogP contribution in [0.2, 0.25) is 0 Å². The molecule has 1 aliphatic rings. The molecule has 1 fully saturated rings. The fourth-order valence-corrected chi connectivity index (χ4v) is 3.24. The molecule has 0 amide bonds. The van der Waals surface area contributed by atoms with Gasteiger partial charge < -0.3 is 14.9 Å². The molecule has 0 bridgehead atoms. The average molecular weight is 296 g/mol. The molecule has 0 spiro atoms. The molecule has 9 heteroatoms. The summed E-state index contributed by atoms with van der Waals surface area (Å²) < 4.78 is 32.9. The minimum atomic E-state index is -3.67. The quantitative estimate of drug-likeness (QED) is 0.565. The molecule has 19 heavy (non-hydrogen) atoms. The number of hydrogen-bond acceptors (Lipinski definition) is 5. The lowest BCUT2D eigenvalue weighted by atomic mass is 10.3. The van der Waals surface area contributed by atoms with Gasteiger partial charge in [0.15, 0.2) is 6.10 Å². The molecule has 8 nitrogen and oxygen atoms in total. The van der Waals surface area contributed by atoms with E-state index in [9.17, 15) is 13.2 Å². The summed E-state index contributed by atoms with van der Waals surface area (Å²) in [5, 5.41) is 17.5. The number of carboxylic acid groups (broad SMARTS) is 1. The van der Waals surface area contributed by atoms with Crippen LogP contribution in [0.3, 0.4) is 0 Å². The van der Waals surface area contributed by atoms with Gasteiger partial charge >= 0.3 is 5.97 Å². The second-order valence-corrected chi connectivity index (χ2v) is 6.37. The van der Waals surface area contributed by atoms with Gasteiger partial charge in [0.2, 0.25) is 0 Å². The number of carbonyl (C=O) groups is 1. The van der Waals surface area contributed by atoms with Gasteiger partial charge in [0, 0.05) is 19.6 Å². The topological polar surface area (TPSA) is 116 Å². The van der Waals surface area contributed by atoms with Crippen molar-refractivity contribution in [3.8, 4) is 0 Å². The molecule has 0 aromatic heterocycles. The number of nitrogens with one attached hydrogen (secondary N) is 1. The fourth-order valence-electron chi connectivity index (χ4n) is 1.87. The summed E-state index contributed by atoms with van der Waals surface area (Å²) in [6.45, 7) is 3.94. The summed E-state index contributed by atoms with van der Waals surface area (Å²) in [5.41, 5.74) is 0. The maximum atomic E-state index is 12.0. The fraction of sp³-hybridized carbons (Fsp3) is 0.900. The Hall–Kier alpha value is -0.740. The van der Waals surface area contributed by atoms with Crippen molar-refractivity contribution in [1.29, 1.82) is 0 Å². The number of aliphatic hydroxyl groups excluding tert-OH is 1.